The Kier molecular flexibility index (Phi) is 6.72. The first-order chi connectivity index (χ1) is 15.6. The molecule has 0 spiro atoms. The van der Waals surface area contributed by atoms with E-state index >= 15 is 0 Å². The molecule has 0 fully saturated rings. The summed E-state index contributed by atoms with van der Waals surface area (Å²) in [5.41, 5.74) is 3.46. The lowest BCUT2D eigenvalue weighted by Crippen LogP contribution is -2.19. The monoisotopic (exact) mass is 442 g/mol. The Morgan fingerprint density at radius 2 is 1.44 bits per heavy atom. The van der Waals surface area contributed by atoms with Crippen LogP contribution < -0.4 is 10.6 Å². The van der Waals surface area contributed by atoms with E-state index in [2.05, 4.69) is 10.6 Å². The SMILES string of the molecule is Cc1ccc(NC(=O)C(Sc2ccc(NC(=O)c3ccco3)cc2)c2ccccc2)cc1. The van der Waals surface area contributed by atoms with Crippen molar-refractivity contribution in [3.8, 4) is 0 Å². The van der Waals surface area contributed by atoms with Crippen LogP contribution in [0.5, 0.6) is 0 Å². The summed E-state index contributed by atoms with van der Waals surface area (Å²) in [5.74, 6) is -0.157. The van der Waals surface area contributed by atoms with Gasteiger partial charge in [-0.3, -0.25) is 9.59 Å². The fourth-order valence-electron chi connectivity index (χ4n) is 3.10. The van der Waals surface area contributed by atoms with Gasteiger partial charge in [0, 0.05) is 16.3 Å². The Balaban J connectivity index is 1.49. The highest BCUT2D eigenvalue weighted by Gasteiger charge is 2.22. The van der Waals surface area contributed by atoms with Crippen molar-refractivity contribution in [3.63, 3.8) is 0 Å². The van der Waals surface area contributed by atoms with Gasteiger partial charge >= 0.3 is 0 Å². The molecule has 0 aliphatic heterocycles. The summed E-state index contributed by atoms with van der Waals surface area (Å²) in [7, 11) is 0. The molecule has 1 unspecified atom stereocenters. The van der Waals surface area contributed by atoms with Crippen molar-refractivity contribution in [3.05, 3.63) is 114 Å². The van der Waals surface area contributed by atoms with Crippen LogP contribution in [-0.4, -0.2) is 11.8 Å². The van der Waals surface area contributed by atoms with Gasteiger partial charge in [0.2, 0.25) is 5.91 Å². The van der Waals surface area contributed by atoms with E-state index in [0.29, 0.717) is 5.69 Å². The summed E-state index contributed by atoms with van der Waals surface area (Å²) >= 11 is 1.45. The molecule has 1 atom stereocenters. The average Bonchev–Trinajstić information content (AvgIpc) is 3.36. The number of anilines is 2. The number of hydrogen-bond acceptors (Lipinski definition) is 4. The molecule has 4 aromatic rings. The number of thioether (sulfide) groups is 1. The third kappa shape index (κ3) is 5.47. The highest BCUT2D eigenvalue weighted by molar-refractivity contribution is 8.00. The van der Waals surface area contributed by atoms with Crippen molar-refractivity contribution in [2.75, 3.05) is 10.6 Å². The largest absolute Gasteiger partial charge is 0.459 e. The minimum Gasteiger partial charge on any atom is -0.459 e. The molecule has 5 nitrogen and oxygen atoms in total. The number of carbonyl (C=O) groups excluding carboxylic acids is 2. The van der Waals surface area contributed by atoms with Crippen LogP contribution >= 0.6 is 11.8 Å². The summed E-state index contributed by atoms with van der Waals surface area (Å²) in [6.45, 7) is 2.01. The number of rotatable bonds is 7. The molecule has 2 amide bonds. The number of hydrogen-bond donors (Lipinski definition) is 2. The Morgan fingerprint density at radius 1 is 0.781 bits per heavy atom. The summed E-state index contributed by atoms with van der Waals surface area (Å²) in [6, 6.07) is 28.1. The molecule has 0 bridgehead atoms. The van der Waals surface area contributed by atoms with Gasteiger partial charge in [-0.1, -0.05) is 48.0 Å². The fraction of sp³-hybridized carbons (Fsp3) is 0.0769. The number of furan rings is 1. The fourth-order valence-corrected chi connectivity index (χ4v) is 4.12. The van der Waals surface area contributed by atoms with Crippen molar-refractivity contribution in [1.82, 2.24) is 0 Å². The molecule has 1 heterocycles. The molecule has 32 heavy (non-hydrogen) atoms. The van der Waals surface area contributed by atoms with E-state index in [9.17, 15) is 9.59 Å². The Bertz CT molecular complexity index is 1170. The lowest BCUT2D eigenvalue weighted by Gasteiger charge is -2.17. The molecule has 160 valence electrons. The van der Waals surface area contributed by atoms with Crippen LogP contribution in [0.4, 0.5) is 11.4 Å². The van der Waals surface area contributed by atoms with Crippen molar-refractivity contribution >= 4 is 35.0 Å². The molecular weight excluding hydrogens is 420 g/mol. The molecule has 0 aliphatic carbocycles. The number of aryl methyl sites for hydroxylation is 1. The maximum absolute atomic E-state index is 13.1. The van der Waals surface area contributed by atoms with Crippen LogP contribution in [0.15, 0.2) is 107 Å². The minimum atomic E-state index is -0.430. The molecular formula is C26H22N2O3S. The second kappa shape index (κ2) is 10.0. The van der Waals surface area contributed by atoms with Crippen LogP contribution in [0.1, 0.15) is 26.9 Å². The van der Waals surface area contributed by atoms with E-state index in [-0.39, 0.29) is 17.6 Å². The zero-order valence-corrected chi connectivity index (χ0v) is 18.3. The predicted octanol–water partition coefficient (Wildman–Crippen LogP) is 6.31. The molecule has 0 saturated carbocycles. The maximum atomic E-state index is 13.1. The van der Waals surface area contributed by atoms with E-state index in [4.69, 9.17) is 4.42 Å². The van der Waals surface area contributed by atoms with Crippen molar-refractivity contribution in [2.45, 2.75) is 17.1 Å². The number of amides is 2. The van der Waals surface area contributed by atoms with Crippen molar-refractivity contribution in [1.29, 1.82) is 0 Å². The van der Waals surface area contributed by atoms with Gasteiger partial charge in [-0.25, -0.2) is 0 Å². The molecule has 1 aromatic heterocycles. The van der Waals surface area contributed by atoms with Crippen LogP contribution in [0.25, 0.3) is 0 Å². The van der Waals surface area contributed by atoms with Gasteiger partial charge < -0.3 is 15.1 Å². The van der Waals surface area contributed by atoms with Gasteiger partial charge in [0.25, 0.3) is 5.91 Å². The van der Waals surface area contributed by atoms with Crippen molar-refractivity contribution in [2.24, 2.45) is 0 Å². The smallest absolute Gasteiger partial charge is 0.291 e. The predicted molar refractivity (Wildman–Crippen MR) is 128 cm³/mol. The normalized spacial score (nSPS) is 11.5. The van der Waals surface area contributed by atoms with Gasteiger partial charge in [0.15, 0.2) is 5.76 Å². The average molecular weight is 443 g/mol. The van der Waals surface area contributed by atoms with Crippen LogP contribution in [0, 0.1) is 6.92 Å². The first-order valence-corrected chi connectivity index (χ1v) is 11.0. The van der Waals surface area contributed by atoms with Gasteiger partial charge in [0.05, 0.1) is 6.26 Å². The Hall–Kier alpha value is -3.77. The van der Waals surface area contributed by atoms with Gasteiger partial charge in [-0.2, -0.15) is 0 Å². The quantitative estimate of drug-likeness (QED) is 0.329. The second-order valence-electron chi connectivity index (χ2n) is 7.22. The topological polar surface area (TPSA) is 71.3 Å². The highest BCUT2D eigenvalue weighted by atomic mass is 32.2. The zero-order chi connectivity index (χ0) is 22.3. The Morgan fingerprint density at radius 3 is 2.09 bits per heavy atom. The lowest BCUT2D eigenvalue weighted by molar-refractivity contribution is -0.115. The third-order valence-corrected chi connectivity index (χ3v) is 6.04. The third-order valence-electron chi connectivity index (χ3n) is 4.77. The van der Waals surface area contributed by atoms with Crippen LogP contribution in [0.2, 0.25) is 0 Å². The highest BCUT2D eigenvalue weighted by Crippen LogP contribution is 2.36. The number of carbonyl (C=O) groups is 2. The molecule has 4 rings (SSSR count). The van der Waals surface area contributed by atoms with Crippen LogP contribution in [0.3, 0.4) is 0 Å². The first kappa shape index (κ1) is 21.5. The van der Waals surface area contributed by atoms with E-state index < -0.39 is 5.25 Å². The van der Waals surface area contributed by atoms with Gasteiger partial charge in [-0.05, 0) is 61.0 Å². The summed E-state index contributed by atoms with van der Waals surface area (Å²) in [6.07, 6.45) is 1.46. The summed E-state index contributed by atoms with van der Waals surface area (Å²) in [4.78, 5) is 26.2. The molecule has 0 saturated heterocycles. The van der Waals surface area contributed by atoms with E-state index in [0.717, 1.165) is 21.7 Å². The van der Waals surface area contributed by atoms with Gasteiger partial charge in [-0.15, -0.1) is 11.8 Å². The summed E-state index contributed by atoms with van der Waals surface area (Å²) < 4.78 is 5.11. The van der Waals surface area contributed by atoms with Crippen molar-refractivity contribution < 1.29 is 14.0 Å². The maximum Gasteiger partial charge on any atom is 0.291 e. The van der Waals surface area contributed by atoms with E-state index in [1.807, 2.05) is 85.8 Å². The number of nitrogens with one attached hydrogen (secondary N) is 2. The number of benzene rings is 3. The molecule has 0 radical (unpaired) electrons. The molecule has 6 heteroatoms. The summed E-state index contributed by atoms with van der Waals surface area (Å²) in [5, 5.41) is 5.38. The van der Waals surface area contributed by atoms with E-state index in [1.54, 1.807) is 12.1 Å². The van der Waals surface area contributed by atoms with E-state index in [1.165, 1.54) is 18.0 Å². The standard InChI is InChI=1S/C26H22N2O3S/c1-18-9-11-20(12-10-18)28-26(30)24(19-6-3-2-4-7-19)32-22-15-13-21(14-16-22)27-25(29)23-8-5-17-31-23/h2-17,24H,1H3,(H,27,29)(H,28,30). The van der Waals surface area contributed by atoms with Crippen LogP contribution in [-0.2, 0) is 4.79 Å². The molecule has 0 aliphatic rings. The molecule has 2 N–H and O–H groups in total. The second-order valence-corrected chi connectivity index (χ2v) is 8.40. The molecule has 3 aromatic carbocycles. The minimum absolute atomic E-state index is 0.0970. The Labute approximate surface area is 190 Å². The lowest BCUT2D eigenvalue weighted by atomic mass is 10.1. The first-order valence-electron chi connectivity index (χ1n) is 10.1. The van der Waals surface area contributed by atoms with Gasteiger partial charge in [0.1, 0.15) is 5.25 Å². The zero-order valence-electron chi connectivity index (χ0n) is 17.4.